The molecular formula is C12H24N2O. The van der Waals surface area contributed by atoms with Crippen molar-refractivity contribution in [2.24, 2.45) is 5.41 Å². The minimum absolute atomic E-state index is 0.133. The van der Waals surface area contributed by atoms with Gasteiger partial charge in [0.15, 0.2) is 0 Å². The molecule has 0 heterocycles. The molecule has 0 aliphatic carbocycles. The van der Waals surface area contributed by atoms with Crippen LogP contribution >= 0.6 is 0 Å². The summed E-state index contributed by atoms with van der Waals surface area (Å²) in [7, 11) is 0. The highest BCUT2D eigenvalue weighted by Gasteiger charge is 2.15. The van der Waals surface area contributed by atoms with Gasteiger partial charge in [-0.15, -0.1) is 0 Å². The van der Waals surface area contributed by atoms with Gasteiger partial charge < -0.3 is 0 Å². The summed E-state index contributed by atoms with van der Waals surface area (Å²) in [5.74, 6) is 0. The smallest absolute Gasteiger partial charge is 0.0812 e. The third-order valence-electron chi connectivity index (χ3n) is 2.01. The van der Waals surface area contributed by atoms with Crippen molar-refractivity contribution in [1.82, 2.24) is 5.48 Å². The first kappa shape index (κ1) is 14.4. The van der Waals surface area contributed by atoms with E-state index < -0.39 is 0 Å². The molecule has 0 bridgehead atoms. The summed E-state index contributed by atoms with van der Waals surface area (Å²) >= 11 is 0. The fourth-order valence-corrected chi connectivity index (χ4v) is 1.09. The number of hydrogen-bond donors (Lipinski definition) is 1. The average molecular weight is 212 g/mol. The Kier molecular flexibility index (Phi) is 5.85. The molecule has 0 aliphatic heterocycles. The molecule has 0 atom stereocenters. The number of nitriles is 1. The van der Waals surface area contributed by atoms with Crippen LogP contribution in [-0.4, -0.2) is 12.1 Å². The quantitative estimate of drug-likeness (QED) is 0.543. The number of nitrogens with one attached hydrogen (secondary N) is 1. The molecule has 0 aromatic carbocycles. The number of hydrogen-bond acceptors (Lipinski definition) is 3. The van der Waals surface area contributed by atoms with Crippen LogP contribution in [0.1, 0.15) is 53.9 Å². The van der Waals surface area contributed by atoms with Crippen LogP contribution < -0.4 is 5.48 Å². The lowest BCUT2D eigenvalue weighted by atomic mass is 9.89. The number of rotatable bonds is 6. The summed E-state index contributed by atoms with van der Waals surface area (Å²) in [4.78, 5) is 5.37. The minimum Gasteiger partial charge on any atom is -0.296 e. The molecule has 0 saturated heterocycles. The van der Waals surface area contributed by atoms with Gasteiger partial charge in [-0.3, -0.25) is 4.84 Å². The predicted octanol–water partition coefficient (Wildman–Crippen LogP) is 3.03. The average Bonchev–Trinajstić information content (AvgIpc) is 2.09. The van der Waals surface area contributed by atoms with E-state index in [2.05, 4.69) is 11.5 Å². The van der Waals surface area contributed by atoms with Gasteiger partial charge in [0.05, 0.1) is 17.1 Å². The third kappa shape index (κ3) is 9.71. The molecule has 0 rings (SSSR count). The molecule has 0 aliphatic rings. The largest absolute Gasteiger partial charge is 0.296 e. The Morgan fingerprint density at radius 3 is 2.20 bits per heavy atom. The highest BCUT2D eigenvalue weighted by molar-refractivity contribution is 4.91. The molecule has 0 aromatic heterocycles. The molecular weight excluding hydrogens is 188 g/mol. The van der Waals surface area contributed by atoms with E-state index in [1.807, 2.05) is 34.6 Å². The molecule has 15 heavy (non-hydrogen) atoms. The highest BCUT2D eigenvalue weighted by Crippen LogP contribution is 2.21. The van der Waals surface area contributed by atoms with Crippen LogP contribution in [-0.2, 0) is 4.84 Å². The van der Waals surface area contributed by atoms with E-state index in [-0.39, 0.29) is 11.0 Å². The normalized spacial score (nSPS) is 12.5. The molecule has 3 heteroatoms. The second-order valence-corrected chi connectivity index (χ2v) is 5.56. The van der Waals surface area contributed by atoms with Crippen LogP contribution in [0.5, 0.6) is 0 Å². The molecule has 0 unspecified atom stereocenters. The van der Waals surface area contributed by atoms with Gasteiger partial charge in [-0.2, -0.15) is 5.26 Å². The van der Waals surface area contributed by atoms with E-state index >= 15 is 0 Å². The Hall–Kier alpha value is -0.590. The molecule has 3 nitrogen and oxygen atoms in total. The minimum atomic E-state index is -0.190. The van der Waals surface area contributed by atoms with Gasteiger partial charge in [-0.05, 0) is 47.5 Å². The van der Waals surface area contributed by atoms with E-state index in [1.54, 1.807) is 0 Å². The number of nitrogens with zero attached hydrogens (tertiary/aromatic N) is 1. The Labute approximate surface area is 93.8 Å². The Morgan fingerprint density at radius 1 is 1.13 bits per heavy atom. The summed E-state index contributed by atoms with van der Waals surface area (Å²) in [6, 6.07) is 2.30. The van der Waals surface area contributed by atoms with Gasteiger partial charge in [-0.1, -0.05) is 6.42 Å². The topological polar surface area (TPSA) is 45.0 Å². The summed E-state index contributed by atoms with van der Waals surface area (Å²) < 4.78 is 0. The van der Waals surface area contributed by atoms with Crippen LogP contribution in [0.3, 0.4) is 0 Å². The van der Waals surface area contributed by atoms with Crippen molar-refractivity contribution in [3.05, 3.63) is 0 Å². The molecule has 0 saturated carbocycles. The van der Waals surface area contributed by atoms with Crippen molar-refractivity contribution in [2.75, 3.05) is 6.54 Å². The van der Waals surface area contributed by atoms with Crippen LogP contribution in [0.2, 0.25) is 0 Å². The second kappa shape index (κ2) is 6.09. The van der Waals surface area contributed by atoms with Crippen LogP contribution in [0.15, 0.2) is 0 Å². The molecule has 88 valence electrons. The van der Waals surface area contributed by atoms with Crippen molar-refractivity contribution in [3.8, 4) is 6.07 Å². The Balaban J connectivity index is 3.38. The Bertz CT molecular complexity index is 211. The van der Waals surface area contributed by atoms with E-state index in [4.69, 9.17) is 10.1 Å². The predicted molar refractivity (Wildman–Crippen MR) is 62.1 cm³/mol. The maximum absolute atomic E-state index is 8.81. The molecule has 1 N–H and O–H groups in total. The van der Waals surface area contributed by atoms with Crippen LogP contribution in [0, 0.1) is 16.7 Å². The monoisotopic (exact) mass is 212 g/mol. The molecule has 0 spiro atoms. The maximum Gasteiger partial charge on any atom is 0.0812 e. The van der Waals surface area contributed by atoms with Crippen molar-refractivity contribution in [2.45, 2.75) is 59.5 Å². The molecule has 0 radical (unpaired) electrons. The fraction of sp³-hybridized carbons (Fsp3) is 0.917. The van der Waals surface area contributed by atoms with Gasteiger partial charge in [0.25, 0.3) is 0 Å². The van der Waals surface area contributed by atoms with Gasteiger partial charge in [0.2, 0.25) is 0 Å². The molecule has 0 fully saturated rings. The van der Waals surface area contributed by atoms with E-state index in [9.17, 15) is 0 Å². The first-order valence-corrected chi connectivity index (χ1v) is 5.59. The summed E-state index contributed by atoms with van der Waals surface area (Å²) in [6.07, 6.45) is 3.04. The second-order valence-electron chi connectivity index (χ2n) is 5.56. The van der Waals surface area contributed by atoms with Gasteiger partial charge in [0, 0.05) is 6.54 Å². The Morgan fingerprint density at radius 2 is 1.73 bits per heavy atom. The first-order valence-electron chi connectivity index (χ1n) is 5.59. The van der Waals surface area contributed by atoms with Gasteiger partial charge in [0.1, 0.15) is 0 Å². The van der Waals surface area contributed by atoms with Crippen molar-refractivity contribution in [3.63, 3.8) is 0 Å². The SMILES string of the molecule is CC(C)(C#N)CCCCNOC(C)(C)C. The lowest BCUT2D eigenvalue weighted by molar-refractivity contribution is -0.0727. The maximum atomic E-state index is 8.81. The number of hydroxylamine groups is 1. The van der Waals surface area contributed by atoms with E-state index in [0.29, 0.717) is 0 Å². The van der Waals surface area contributed by atoms with Gasteiger partial charge >= 0.3 is 0 Å². The standard InChI is InChI=1S/C12H24N2O/c1-11(2,3)15-14-9-7-6-8-12(4,5)10-13/h14H,6-9H2,1-5H3. The fourth-order valence-electron chi connectivity index (χ4n) is 1.09. The summed E-state index contributed by atoms with van der Waals surface area (Å²) in [6.45, 7) is 10.8. The van der Waals surface area contributed by atoms with E-state index in [0.717, 1.165) is 25.8 Å². The van der Waals surface area contributed by atoms with E-state index in [1.165, 1.54) is 0 Å². The summed E-state index contributed by atoms with van der Waals surface area (Å²) in [5, 5.41) is 8.81. The number of unbranched alkanes of at least 4 members (excludes halogenated alkanes) is 1. The zero-order chi connectivity index (χ0) is 11.9. The van der Waals surface area contributed by atoms with Crippen LogP contribution in [0.25, 0.3) is 0 Å². The zero-order valence-corrected chi connectivity index (χ0v) is 10.7. The molecule has 0 aromatic rings. The lowest BCUT2D eigenvalue weighted by Crippen LogP contribution is -2.29. The molecule has 0 amide bonds. The first-order chi connectivity index (χ1) is 6.77. The van der Waals surface area contributed by atoms with Crippen molar-refractivity contribution in [1.29, 1.82) is 5.26 Å². The van der Waals surface area contributed by atoms with Gasteiger partial charge in [-0.25, -0.2) is 5.48 Å². The highest BCUT2D eigenvalue weighted by atomic mass is 16.7. The third-order valence-corrected chi connectivity index (χ3v) is 2.01. The van der Waals surface area contributed by atoms with Crippen LogP contribution in [0.4, 0.5) is 0 Å². The van der Waals surface area contributed by atoms with Crippen molar-refractivity contribution >= 4 is 0 Å². The zero-order valence-electron chi connectivity index (χ0n) is 10.7. The lowest BCUT2D eigenvalue weighted by Gasteiger charge is -2.19. The van der Waals surface area contributed by atoms with Crippen molar-refractivity contribution < 1.29 is 4.84 Å². The summed E-state index contributed by atoms with van der Waals surface area (Å²) in [5.41, 5.74) is 2.62.